The summed E-state index contributed by atoms with van der Waals surface area (Å²) in [6.45, 7) is 3.33. The summed E-state index contributed by atoms with van der Waals surface area (Å²) in [5.41, 5.74) is 1.50. The van der Waals surface area contributed by atoms with Crippen LogP contribution in [0.5, 0.6) is 0 Å². The lowest BCUT2D eigenvalue weighted by atomic mass is 10.2. The second kappa shape index (κ2) is 7.40. The maximum absolute atomic E-state index is 13.2. The third kappa shape index (κ3) is 4.29. The third-order valence-corrected chi connectivity index (χ3v) is 4.05. The van der Waals surface area contributed by atoms with Crippen molar-refractivity contribution in [3.8, 4) is 0 Å². The SMILES string of the molecule is O=C(Nc1ccc(F)cc1)N1CCN(Cc2cccc(F)c2)CC1. The number of nitrogens with zero attached hydrogens (tertiary/aromatic N) is 2. The first-order chi connectivity index (χ1) is 11.6. The van der Waals surface area contributed by atoms with Crippen LogP contribution in [0.4, 0.5) is 19.3 Å². The van der Waals surface area contributed by atoms with E-state index in [4.69, 9.17) is 0 Å². The van der Waals surface area contributed by atoms with Gasteiger partial charge in [-0.1, -0.05) is 12.1 Å². The van der Waals surface area contributed by atoms with Crippen molar-refractivity contribution in [2.45, 2.75) is 6.54 Å². The van der Waals surface area contributed by atoms with Gasteiger partial charge in [-0.25, -0.2) is 13.6 Å². The summed E-state index contributed by atoms with van der Waals surface area (Å²) in [5.74, 6) is -0.566. The summed E-state index contributed by atoms with van der Waals surface area (Å²) in [6.07, 6.45) is 0. The van der Waals surface area contributed by atoms with Crippen molar-refractivity contribution < 1.29 is 13.6 Å². The molecule has 2 aromatic rings. The highest BCUT2D eigenvalue weighted by Crippen LogP contribution is 2.13. The fraction of sp³-hybridized carbons (Fsp3) is 0.278. The van der Waals surface area contributed by atoms with Crippen LogP contribution in [0.2, 0.25) is 0 Å². The Hall–Kier alpha value is -2.47. The fourth-order valence-corrected chi connectivity index (χ4v) is 2.74. The zero-order valence-corrected chi connectivity index (χ0v) is 13.2. The van der Waals surface area contributed by atoms with Crippen molar-refractivity contribution in [3.63, 3.8) is 0 Å². The number of amides is 2. The molecular weight excluding hydrogens is 312 g/mol. The Labute approximate surface area is 139 Å². The lowest BCUT2D eigenvalue weighted by Gasteiger charge is -2.34. The molecule has 1 aliphatic heterocycles. The van der Waals surface area contributed by atoms with Crippen molar-refractivity contribution in [3.05, 3.63) is 65.7 Å². The van der Waals surface area contributed by atoms with Gasteiger partial charge in [0.05, 0.1) is 0 Å². The van der Waals surface area contributed by atoms with E-state index in [2.05, 4.69) is 10.2 Å². The number of halogens is 2. The van der Waals surface area contributed by atoms with Crippen LogP contribution in [0.25, 0.3) is 0 Å². The van der Waals surface area contributed by atoms with Crippen LogP contribution in [-0.2, 0) is 6.54 Å². The van der Waals surface area contributed by atoms with Gasteiger partial charge in [-0.15, -0.1) is 0 Å². The zero-order chi connectivity index (χ0) is 16.9. The minimum absolute atomic E-state index is 0.188. The number of carbonyl (C=O) groups is 1. The van der Waals surface area contributed by atoms with E-state index in [0.717, 1.165) is 18.7 Å². The molecule has 1 heterocycles. The third-order valence-electron chi connectivity index (χ3n) is 4.05. The standard InChI is InChI=1S/C18H19F2N3O/c19-15-4-6-17(7-5-15)21-18(24)23-10-8-22(9-11-23)13-14-2-1-3-16(20)12-14/h1-7,12H,8-11,13H2,(H,21,24). The molecule has 0 unspecified atom stereocenters. The smallest absolute Gasteiger partial charge is 0.321 e. The summed E-state index contributed by atoms with van der Waals surface area (Å²) in [6, 6.07) is 12.1. The number of rotatable bonds is 3. The van der Waals surface area contributed by atoms with Gasteiger partial charge < -0.3 is 10.2 Å². The average molecular weight is 331 g/mol. The lowest BCUT2D eigenvalue weighted by Crippen LogP contribution is -2.49. The Balaban J connectivity index is 1.49. The highest BCUT2D eigenvalue weighted by atomic mass is 19.1. The molecule has 126 valence electrons. The van der Waals surface area contributed by atoms with E-state index >= 15 is 0 Å². The van der Waals surface area contributed by atoms with Gasteiger partial charge in [0.1, 0.15) is 11.6 Å². The molecule has 1 saturated heterocycles. The Morgan fingerprint density at radius 2 is 1.67 bits per heavy atom. The number of hydrogen-bond acceptors (Lipinski definition) is 2. The van der Waals surface area contributed by atoms with Crippen LogP contribution in [0.3, 0.4) is 0 Å². The zero-order valence-electron chi connectivity index (χ0n) is 13.2. The van der Waals surface area contributed by atoms with E-state index in [-0.39, 0.29) is 17.7 Å². The van der Waals surface area contributed by atoms with Gasteiger partial charge in [0.2, 0.25) is 0 Å². The number of benzene rings is 2. The molecule has 6 heteroatoms. The predicted molar refractivity (Wildman–Crippen MR) is 88.7 cm³/mol. The maximum atomic E-state index is 13.2. The number of anilines is 1. The number of nitrogens with one attached hydrogen (secondary N) is 1. The normalized spacial score (nSPS) is 15.3. The molecule has 0 saturated carbocycles. The molecule has 3 rings (SSSR count). The van der Waals surface area contributed by atoms with E-state index in [0.29, 0.717) is 25.3 Å². The minimum Gasteiger partial charge on any atom is -0.322 e. The summed E-state index contributed by atoms with van der Waals surface area (Å²) in [5, 5.41) is 2.76. The van der Waals surface area contributed by atoms with Crippen LogP contribution in [0, 0.1) is 11.6 Å². The summed E-state index contributed by atoms with van der Waals surface area (Å²) < 4.78 is 26.1. The molecule has 1 N–H and O–H groups in total. The number of piperazine rings is 1. The summed E-state index contributed by atoms with van der Waals surface area (Å²) in [7, 11) is 0. The number of urea groups is 1. The second-order valence-corrected chi connectivity index (χ2v) is 5.83. The molecule has 0 radical (unpaired) electrons. The van der Waals surface area contributed by atoms with Crippen molar-refractivity contribution in [1.29, 1.82) is 0 Å². The fourth-order valence-electron chi connectivity index (χ4n) is 2.74. The second-order valence-electron chi connectivity index (χ2n) is 5.83. The summed E-state index contributed by atoms with van der Waals surface area (Å²) >= 11 is 0. The van der Waals surface area contributed by atoms with Gasteiger partial charge in [0.15, 0.2) is 0 Å². The van der Waals surface area contributed by atoms with Gasteiger partial charge in [-0.05, 0) is 42.0 Å². The number of carbonyl (C=O) groups excluding carboxylic acids is 1. The van der Waals surface area contributed by atoms with Gasteiger partial charge in [0.25, 0.3) is 0 Å². The van der Waals surface area contributed by atoms with E-state index in [1.54, 1.807) is 11.0 Å². The maximum Gasteiger partial charge on any atom is 0.321 e. The van der Waals surface area contributed by atoms with Gasteiger partial charge in [-0.2, -0.15) is 0 Å². The van der Waals surface area contributed by atoms with Crippen LogP contribution in [-0.4, -0.2) is 42.0 Å². The molecule has 1 aliphatic rings. The minimum atomic E-state index is -0.334. The van der Waals surface area contributed by atoms with Crippen LogP contribution in [0.1, 0.15) is 5.56 Å². The van der Waals surface area contributed by atoms with Gasteiger partial charge >= 0.3 is 6.03 Å². The van der Waals surface area contributed by atoms with E-state index in [1.807, 2.05) is 6.07 Å². The molecule has 4 nitrogen and oxygen atoms in total. The van der Waals surface area contributed by atoms with Crippen molar-refractivity contribution in [2.24, 2.45) is 0 Å². The number of hydrogen-bond donors (Lipinski definition) is 1. The molecule has 2 amide bonds. The monoisotopic (exact) mass is 331 g/mol. The Kier molecular flexibility index (Phi) is 5.05. The predicted octanol–water partition coefficient (Wildman–Crippen LogP) is 3.31. The highest BCUT2D eigenvalue weighted by Gasteiger charge is 2.21. The topological polar surface area (TPSA) is 35.6 Å². The van der Waals surface area contributed by atoms with Crippen LogP contribution >= 0.6 is 0 Å². The molecule has 0 atom stereocenters. The Bertz CT molecular complexity index is 698. The molecule has 0 aromatic heterocycles. The highest BCUT2D eigenvalue weighted by molar-refractivity contribution is 5.89. The average Bonchev–Trinajstić information content (AvgIpc) is 2.57. The molecular formula is C18H19F2N3O. The molecule has 1 fully saturated rings. The molecule has 0 aliphatic carbocycles. The molecule has 0 bridgehead atoms. The Morgan fingerprint density at radius 3 is 2.33 bits per heavy atom. The first-order valence-electron chi connectivity index (χ1n) is 7.88. The van der Waals surface area contributed by atoms with Gasteiger partial charge in [-0.3, -0.25) is 4.90 Å². The molecule has 24 heavy (non-hydrogen) atoms. The quantitative estimate of drug-likeness (QED) is 0.936. The van der Waals surface area contributed by atoms with Crippen molar-refractivity contribution in [1.82, 2.24) is 9.80 Å². The molecule has 0 spiro atoms. The molecule has 2 aromatic carbocycles. The largest absolute Gasteiger partial charge is 0.322 e. The Morgan fingerprint density at radius 1 is 0.958 bits per heavy atom. The lowest BCUT2D eigenvalue weighted by molar-refractivity contribution is 0.143. The van der Waals surface area contributed by atoms with E-state index in [9.17, 15) is 13.6 Å². The van der Waals surface area contributed by atoms with Crippen molar-refractivity contribution in [2.75, 3.05) is 31.5 Å². The van der Waals surface area contributed by atoms with Gasteiger partial charge in [0, 0.05) is 38.4 Å². The van der Waals surface area contributed by atoms with Crippen LogP contribution < -0.4 is 5.32 Å². The van der Waals surface area contributed by atoms with E-state index in [1.165, 1.54) is 36.4 Å². The van der Waals surface area contributed by atoms with E-state index < -0.39 is 0 Å². The first kappa shape index (κ1) is 16.4. The summed E-state index contributed by atoms with van der Waals surface area (Å²) in [4.78, 5) is 16.1. The van der Waals surface area contributed by atoms with Crippen LogP contribution in [0.15, 0.2) is 48.5 Å². The first-order valence-corrected chi connectivity index (χ1v) is 7.88. The van der Waals surface area contributed by atoms with Crippen molar-refractivity contribution >= 4 is 11.7 Å².